The second-order valence-corrected chi connectivity index (χ2v) is 5.25. The molecule has 0 saturated carbocycles. The molecule has 4 nitrogen and oxygen atoms in total. The third kappa shape index (κ3) is 2.99. The normalized spacial score (nSPS) is 10.6. The van der Waals surface area contributed by atoms with Crippen LogP contribution in [0.5, 0.6) is 0 Å². The van der Waals surface area contributed by atoms with Gasteiger partial charge in [0.05, 0.1) is 0 Å². The minimum absolute atomic E-state index is 0.345. The third-order valence-corrected chi connectivity index (χ3v) is 3.57. The van der Waals surface area contributed by atoms with Gasteiger partial charge in [-0.15, -0.1) is 0 Å². The van der Waals surface area contributed by atoms with Crippen molar-refractivity contribution in [1.29, 1.82) is 0 Å². The van der Waals surface area contributed by atoms with Gasteiger partial charge in [-0.2, -0.15) is 0 Å². The maximum atomic E-state index is 13.6. The number of amides is 1. The molecule has 1 amide bonds. The molecule has 0 radical (unpaired) electrons. The van der Waals surface area contributed by atoms with Crippen LogP contribution < -0.4 is 5.32 Å². The van der Waals surface area contributed by atoms with Crippen molar-refractivity contribution in [2.75, 3.05) is 5.32 Å². The van der Waals surface area contributed by atoms with E-state index in [-0.39, 0.29) is 11.7 Å². The Morgan fingerprint density at radius 2 is 1.87 bits per heavy atom. The third-order valence-electron chi connectivity index (χ3n) is 3.57. The zero-order chi connectivity index (χ0) is 16.4. The standard InChI is InChI=1S/C18H15FN2O2/c1-11-8-9-14(10-15(11)19)20-18(22)16-12(2)23-21-17(16)13-6-4-3-5-7-13/h3-10H,1-2H3,(H,20,22). The highest BCUT2D eigenvalue weighted by Crippen LogP contribution is 2.26. The van der Waals surface area contributed by atoms with E-state index in [0.717, 1.165) is 5.56 Å². The summed E-state index contributed by atoms with van der Waals surface area (Å²) in [6.07, 6.45) is 0. The second kappa shape index (κ2) is 6.04. The Kier molecular flexibility index (Phi) is 3.93. The van der Waals surface area contributed by atoms with Crippen LogP contribution in [0.4, 0.5) is 10.1 Å². The minimum Gasteiger partial charge on any atom is -0.360 e. The summed E-state index contributed by atoms with van der Waals surface area (Å²) in [7, 11) is 0. The van der Waals surface area contributed by atoms with Gasteiger partial charge >= 0.3 is 0 Å². The molecular weight excluding hydrogens is 295 g/mol. The average molecular weight is 310 g/mol. The Hall–Kier alpha value is -2.95. The van der Waals surface area contributed by atoms with Gasteiger partial charge in [0, 0.05) is 11.3 Å². The lowest BCUT2D eigenvalue weighted by Crippen LogP contribution is -2.13. The molecule has 0 bridgehead atoms. The minimum atomic E-state index is -0.383. The summed E-state index contributed by atoms with van der Waals surface area (Å²) in [5.74, 6) is -0.340. The smallest absolute Gasteiger partial charge is 0.261 e. The van der Waals surface area contributed by atoms with Crippen molar-refractivity contribution in [3.05, 3.63) is 71.2 Å². The first kappa shape index (κ1) is 15.0. The van der Waals surface area contributed by atoms with Crippen LogP contribution in [0.2, 0.25) is 0 Å². The van der Waals surface area contributed by atoms with Crippen LogP contribution in [0.15, 0.2) is 53.1 Å². The van der Waals surface area contributed by atoms with Gasteiger partial charge in [-0.25, -0.2) is 4.39 Å². The molecule has 0 aliphatic carbocycles. The number of nitrogens with one attached hydrogen (secondary N) is 1. The molecule has 116 valence electrons. The number of hydrogen-bond donors (Lipinski definition) is 1. The molecule has 1 aromatic heterocycles. The van der Waals surface area contributed by atoms with Crippen LogP contribution in [-0.2, 0) is 0 Å². The van der Waals surface area contributed by atoms with E-state index in [0.29, 0.717) is 28.3 Å². The van der Waals surface area contributed by atoms with Crippen LogP contribution in [0, 0.1) is 19.7 Å². The fourth-order valence-electron chi connectivity index (χ4n) is 2.30. The van der Waals surface area contributed by atoms with Gasteiger partial charge in [0.1, 0.15) is 22.8 Å². The van der Waals surface area contributed by atoms with Crippen molar-refractivity contribution in [1.82, 2.24) is 5.16 Å². The topological polar surface area (TPSA) is 55.1 Å². The summed E-state index contributed by atoms with van der Waals surface area (Å²) >= 11 is 0. The molecule has 23 heavy (non-hydrogen) atoms. The van der Waals surface area contributed by atoms with Gasteiger partial charge in [0.25, 0.3) is 5.91 Å². The molecule has 0 saturated heterocycles. The highest BCUT2D eigenvalue weighted by atomic mass is 19.1. The molecule has 0 atom stereocenters. The monoisotopic (exact) mass is 310 g/mol. The lowest BCUT2D eigenvalue weighted by molar-refractivity contribution is 0.102. The zero-order valence-corrected chi connectivity index (χ0v) is 12.8. The predicted molar refractivity (Wildman–Crippen MR) is 85.8 cm³/mol. The van der Waals surface area contributed by atoms with Crippen molar-refractivity contribution >= 4 is 11.6 Å². The van der Waals surface area contributed by atoms with Crippen LogP contribution >= 0.6 is 0 Å². The molecule has 1 heterocycles. The van der Waals surface area contributed by atoms with Crippen molar-refractivity contribution in [3.8, 4) is 11.3 Å². The molecule has 3 rings (SSSR count). The molecule has 0 aliphatic rings. The van der Waals surface area contributed by atoms with E-state index in [1.54, 1.807) is 26.0 Å². The molecule has 3 aromatic rings. The molecule has 0 unspecified atom stereocenters. The van der Waals surface area contributed by atoms with Crippen molar-refractivity contribution in [3.63, 3.8) is 0 Å². The molecule has 0 fully saturated rings. The van der Waals surface area contributed by atoms with Gasteiger partial charge in [-0.05, 0) is 31.5 Å². The SMILES string of the molecule is Cc1ccc(NC(=O)c2c(-c3ccccc3)noc2C)cc1F. The molecule has 5 heteroatoms. The second-order valence-electron chi connectivity index (χ2n) is 5.25. The van der Waals surface area contributed by atoms with Gasteiger partial charge in [0.2, 0.25) is 0 Å². The molecule has 0 spiro atoms. The first-order valence-electron chi connectivity index (χ1n) is 7.15. The molecule has 1 N–H and O–H groups in total. The van der Waals surface area contributed by atoms with Crippen LogP contribution in [0.25, 0.3) is 11.3 Å². The number of halogens is 1. The average Bonchev–Trinajstić information content (AvgIpc) is 2.93. The lowest BCUT2D eigenvalue weighted by Gasteiger charge is -2.07. The van der Waals surface area contributed by atoms with Crippen molar-refractivity contribution in [2.45, 2.75) is 13.8 Å². The highest BCUT2D eigenvalue weighted by Gasteiger charge is 2.21. The number of benzene rings is 2. The van der Waals surface area contributed by atoms with E-state index in [1.807, 2.05) is 30.3 Å². The first-order chi connectivity index (χ1) is 11.1. The number of aromatic nitrogens is 1. The Labute approximate surface area is 132 Å². The Balaban J connectivity index is 1.94. The van der Waals surface area contributed by atoms with Gasteiger partial charge in [0.15, 0.2) is 0 Å². The first-order valence-corrected chi connectivity index (χ1v) is 7.15. The summed E-state index contributed by atoms with van der Waals surface area (Å²) in [4.78, 5) is 12.6. The summed E-state index contributed by atoms with van der Waals surface area (Å²) in [5.41, 5.74) is 2.50. The Morgan fingerprint density at radius 3 is 2.57 bits per heavy atom. The highest BCUT2D eigenvalue weighted by molar-refractivity contribution is 6.08. The van der Waals surface area contributed by atoms with Gasteiger partial charge in [-0.1, -0.05) is 41.6 Å². The number of hydrogen-bond acceptors (Lipinski definition) is 3. The summed E-state index contributed by atoms with van der Waals surface area (Å²) in [6, 6.07) is 13.8. The number of carbonyl (C=O) groups is 1. The number of aryl methyl sites for hydroxylation is 2. The Bertz CT molecular complexity index is 857. The zero-order valence-electron chi connectivity index (χ0n) is 12.8. The number of anilines is 1. The maximum Gasteiger partial charge on any atom is 0.261 e. The predicted octanol–water partition coefficient (Wildman–Crippen LogP) is 4.35. The largest absolute Gasteiger partial charge is 0.360 e. The van der Waals surface area contributed by atoms with E-state index < -0.39 is 0 Å². The molecule has 0 aliphatic heterocycles. The molecular formula is C18H15FN2O2. The van der Waals surface area contributed by atoms with Gasteiger partial charge in [-0.3, -0.25) is 4.79 Å². The van der Waals surface area contributed by atoms with Gasteiger partial charge < -0.3 is 9.84 Å². The van der Waals surface area contributed by atoms with Crippen molar-refractivity contribution in [2.24, 2.45) is 0 Å². The molecule has 2 aromatic carbocycles. The fraction of sp³-hybridized carbons (Fsp3) is 0.111. The maximum absolute atomic E-state index is 13.6. The van der Waals surface area contributed by atoms with E-state index in [4.69, 9.17) is 4.52 Å². The van der Waals surface area contributed by atoms with E-state index in [1.165, 1.54) is 6.07 Å². The van der Waals surface area contributed by atoms with E-state index in [2.05, 4.69) is 10.5 Å². The van der Waals surface area contributed by atoms with E-state index in [9.17, 15) is 9.18 Å². The van der Waals surface area contributed by atoms with Crippen molar-refractivity contribution < 1.29 is 13.7 Å². The quantitative estimate of drug-likeness (QED) is 0.782. The Morgan fingerprint density at radius 1 is 1.13 bits per heavy atom. The van der Waals surface area contributed by atoms with Crippen LogP contribution in [0.1, 0.15) is 21.7 Å². The lowest BCUT2D eigenvalue weighted by atomic mass is 10.1. The summed E-state index contributed by atoms with van der Waals surface area (Å²) < 4.78 is 18.8. The number of nitrogens with zero attached hydrogens (tertiary/aromatic N) is 1. The van der Waals surface area contributed by atoms with E-state index >= 15 is 0 Å². The number of carbonyl (C=O) groups excluding carboxylic acids is 1. The fourth-order valence-corrected chi connectivity index (χ4v) is 2.30. The number of rotatable bonds is 3. The summed E-state index contributed by atoms with van der Waals surface area (Å²) in [6.45, 7) is 3.34. The summed E-state index contributed by atoms with van der Waals surface area (Å²) in [5, 5.41) is 6.65. The van der Waals surface area contributed by atoms with Crippen LogP contribution in [-0.4, -0.2) is 11.1 Å². The van der Waals surface area contributed by atoms with Crippen LogP contribution in [0.3, 0.4) is 0 Å².